The Kier molecular flexibility index (Phi) is 3.66. The van der Waals surface area contributed by atoms with Gasteiger partial charge in [-0.05, 0) is 18.1 Å². The standard InChI is InChI=1S/C14H13NO4/c1-2-9-5-3-4-6-11(9)15-13(16)12-7-10(8-19-12)14(17)18/h3-8H,2H2,1H3,(H,15,16)(H,17,18). The molecule has 0 atom stereocenters. The molecule has 5 nitrogen and oxygen atoms in total. The van der Waals surface area contributed by atoms with E-state index < -0.39 is 11.9 Å². The van der Waals surface area contributed by atoms with Crippen LogP contribution in [0.1, 0.15) is 33.4 Å². The molecule has 0 fully saturated rings. The molecule has 0 bridgehead atoms. The van der Waals surface area contributed by atoms with Crippen LogP contribution in [0.15, 0.2) is 41.0 Å². The highest BCUT2D eigenvalue weighted by molar-refractivity contribution is 6.04. The molecule has 2 N–H and O–H groups in total. The number of benzene rings is 1. The third-order valence-electron chi connectivity index (χ3n) is 2.72. The number of carboxylic acids is 1. The smallest absolute Gasteiger partial charge is 0.338 e. The van der Waals surface area contributed by atoms with Crippen LogP contribution < -0.4 is 5.32 Å². The minimum absolute atomic E-state index is 0.0247. The topological polar surface area (TPSA) is 79.5 Å². The Morgan fingerprint density at radius 2 is 2.05 bits per heavy atom. The molecule has 98 valence electrons. The van der Waals surface area contributed by atoms with Crippen LogP contribution in [0.3, 0.4) is 0 Å². The first kappa shape index (κ1) is 12.9. The zero-order chi connectivity index (χ0) is 13.8. The lowest BCUT2D eigenvalue weighted by Gasteiger charge is -2.07. The van der Waals surface area contributed by atoms with Crippen molar-refractivity contribution in [3.05, 3.63) is 53.5 Å². The molecule has 2 rings (SSSR count). The highest BCUT2D eigenvalue weighted by Crippen LogP contribution is 2.17. The van der Waals surface area contributed by atoms with Gasteiger partial charge in [-0.1, -0.05) is 25.1 Å². The molecular formula is C14H13NO4. The highest BCUT2D eigenvalue weighted by atomic mass is 16.4. The lowest BCUT2D eigenvalue weighted by molar-refractivity contribution is 0.0696. The van der Waals surface area contributed by atoms with Crippen molar-refractivity contribution in [1.82, 2.24) is 0 Å². The number of aromatic carboxylic acids is 1. The Labute approximate surface area is 109 Å². The van der Waals surface area contributed by atoms with E-state index >= 15 is 0 Å². The fraction of sp³-hybridized carbons (Fsp3) is 0.143. The zero-order valence-electron chi connectivity index (χ0n) is 10.3. The molecule has 1 aromatic carbocycles. The number of nitrogens with one attached hydrogen (secondary N) is 1. The second kappa shape index (κ2) is 5.39. The van der Waals surface area contributed by atoms with Crippen molar-refractivity contribution in [2.75, 3.05) is 5.32 Å². The van der Waals surface area contributed by atoms with Crippen LogP contribution in [-0.4, -0.2) is 17.0 Å². The van der Waals surface area contributed by atoms with Crippen LogP contribution in [0.2, 0.25) is 0 Å². The van der Waals surface area contributed by atoms with Gasteiger partial charge >= 0.3 is 5.97 Å². The van der Waals surface area contributed by atoms with Crippen molar-refractivity contribution in [3.63, 3.8) is 0 Å². The maximum absolute atomic E-state index is 11.9. The van der Waals surface area contributed by atoms with Gasteiger partial charge in [-0.3, -0.25) is 4.79 Å². The second-order valence-corrected chi connectivity index (χ2v) is 3.97. The Hall–Kier alpha value is -2.56. The number of para-hydroxylation sites is 1. The maximum Gasteiger partial charge on any atom is 0.338 e. The second-order valence-electron chi connectivity index (χ2n) is 3.97. The third kappa shape index (κ3) is 2.82. The van der Waals surface area contributed by atoms with Crippen LogP contribution in [0, 0.1) is 0 Å². The van der Waals surface area contributed by atoms with Gasteiger partial charge in [0.1, 0.15) is 6.26 Å². The van der Waals surface area contributed by atoms with Gasteiger partial charge < -0.3 is 14.8 Å². The first-order chi connectivity index (χ1) is 9.11. The molecule has 0 radical (unpaired) electrons. The van der Waals surface area contributed by atoms with Gasteiger partial charge in [-0.15, -0.1) is 0 Å². The van der Waals surface area contributed by atoms with E-state index in [2.05, 4.69) is 5.32 Å². The number of hydrogen-bond donors (Lipinski definition) is 2. The third-order valence-corrected chi connectivity index (χ3v) is 2.72. The summed E-state index contributed by atoms with van der Waals surface area (Å²) in [5.74, 6) is -1.62. The molecule has 0 saturated carbocycles. The molecule has 0 spiro atoms. The molecule has 0 aliphatic carbocycles. The SMILES string of the molecule is CCc1ccccc1NC(=O)c1cc(C(=O)O)co1. The van der Waals surface area contributed by atoms with Gasteiger partial charge in [0.15, 0.2) is 5.76 Å². The molecule has 19 heavy (non-hydrogen) atoms. The molecule has 1 heterocycles. The van der Waals surface area contributed by atoms with E-state index in [0.29, 0.717) is 5.69 Å². The fourth-order valence-electron chi connectivity index (χ4n) is 1.70. The molecule has 5 heteroatoms. The van der Waals surface area contributed by atoms with Crippen molar-refractivity contribution in [3.8, 4) is 0 Å². The molecule has 1 aromatic heterocycles. The minimum Gasteiger partial charge on any atom is -0.478 e. The summed E-state index contributed by atoms with van der Waals surface area (Å²) in [5, 5.41) is 11.5. The predicted octanol–water partition coefficient (Wildman–Crippen LogP) is 2.79. The minimum atomic E-state index is -1.13. The molecule has 2 aromatic rings. The largest absolute Gasteiger partial charge is 0.478 e. The van der Waals surface area contributed by atoms with E-state index in [1.165, 1.54) is 6.07 Å². The Morgan fingerprint density at radius 1 is 1.32 bits per heavy atom. The van der Waals surface area contributed by atoms with Gasteiger partial charge in [0.25, 0.3) is 5.91 Å². The normalized spacial score (nSPS) is 10.2. The first-order valence-electron chi connectivity index (χ1n) is 5.83. The Morgan fingerprint density at radius 3 is 2.68 bits per heavy atom. The van der Waals surface area contributed by atoms with E-state index in [-0.39, 0.29) is 11.3 Å². The van der Waals surface area contributed by atoms with E-state index in [0.717, 1.165) is 18.2 Å². The van der Waals surface area contributed by atoms with Gasteiger partial charge in [0.05, 0.1) is 5.56 Å². The number of aryl methyl sites for hydroxylation is 1. The monoisotopic (exact) mass is 259 g/mol. The van der Waals surface area contributed by atoms with Crippen molar-refractivity contribution in [2.45, 2.75) is 13.3 Å². The average Bonchev–Trinajstić information content (AvgIpc) is 2.89. The summed E-state index contributed by atoms with van der Waals surface area (Å²) >= 11 is 0. The quantitative estimate of drug-likeness (QED) is 0.884. The first-order valence-corrected chi connectivity index (χ1v) is 5.83. The van der Waals surface area contributed by atoms with Crippen molar-refractivity contribution in [2.24, 2.45) is 0 Å². The van der Waals surface area contributed by atoms with E-state index in [4.69, 9.17) is 9.52 Å². The van der Waals surface area contributed by atoms with Crippen LogP contribution in [0.25, 0.3) is 0 Å². The zero-order valence-corrected chi connectivity index (χ0v) is 10.3. The Bertz CT molecular complexity index is 615. The van der Waals surface area contributed by atoms with E-state index in [1.54, 1.807) is 6.07 Å². The van der Waals surface area contributed by atoms with Crippen molar-refractivity contribution < 1.29 is 19.1 Å². The van der Waals surface area contributed by atoms with Crippen LogP contribution >= 0.6 is 0 Å². The molecule has 0 aliphatic heterocycles. The summed E-state index contributed by atoms with van der Waals surface area (Å²) in [6.45, 7) is 1.99. The molecule has 0 unspecified atom stereocenters. The van der Waals surface area contributed by atoms with Gasteiger partial charge in [0.2, 0.25) is 0 Å². The number of hydrogen-bond acceptors (Lipinski definition) is 3. The van der Waals surface area contributed by atoms with Gasteiger partial charge in [-0.2, -0.15) is 0 Å². The lowest BCUT2D eigenvalue weighted by atomic mass is 10.1. The fourth-order valence-corrected chi connectivity index (χ4v) is 1.70. The average molecular weight is 259 g/mol. The molecular weight excluding hydrogens is 246 g/mol. The van der Waals surface area contributed by atoms with Crippen LogP contribution in [0.4, 0.5) is 5.69 Å². The lowest BCUT2D eigenvalue weighted by Crippen LogP contribution is -2.12. The van der Waals surface area contributed by atoms with E-state index in [9.17, 15) is 9.59 Å². The summed E-state index contributed by atoms with van der Waals surface area (Å²) in [4.78, 5) is 22.6. The number of amides is 1. The number of rotatable bonds is 4. The number of anilines is 1. The summed E-state index contributed by atoms with van der Waals surface area (Å²) in [6, 6.07) is 8.62. The van der Waals surface area contributed by atoms with Crippen LogP contribution in [-0.2, 0) is 6.42 Å². The number of carbonyl (C=O) groups is 2. The van der Waals surface area contributed by atoms with Gasteiger partial charge in [0, 0.05) is 11.8 Å². The molecule has 0 saturated heterocycles. The molecule has 0 aliphatic rings. The van der Waals surface area contributed by atoms with Gasteiger partial charge in [-0.25, -0.2) is 4.79 Å². The van der Waals surface area contributed by atoms with Crippen molar-refractivity contribution >= 4 is 17.6 Å². The highest BCUT2D eigenvalue weighted by Gasteiger charge is 2.15. The van der Waals surface area contributed by atoms with E-state index in [1.807, 2.05) is 25.1 Å². The summed E-state index contributed by atoms with van der Waals surface area (Å²) in [6.07, 6.45) is 1.83. The summed E-state index contributed by atoms with van der Waals surface area (Å²) in [5.41, 5.74) is 1.65. The van der Waals surface area contributed by atoms with Crippen LogP contribution in [0.5, 0.6) is 0 Å². The Balaban J connectivity index is 2.18. The number of furan rings is 1. The number of carbonyl (C=O) groups excluding carboxylic acids is 1. The summed E-state index contributed by atoms with van der Waals surface area (Å²) < 4.78 is 4.94. The predicted molar refractivity (Wildman–Crippen MR) is 69.4 cm³/mol. The number of carboxylic acid groups (broad SMARTS) is 1. The molecule has 1 amide bonds. The maximum atomic E-state index is 11.9. The summed E-state index contributed by atoms with van der Waals surface area (Å²) in [7, 11) is 0. The van der Waals surface area contributed by atoms with Crippen molar-refractivity contribution in [1.29, 1.82) is 0 Å².